The van der Waals surface area contributed by atoms with Gasteiger partial charge in [0, 0.05) is 13.7 Å². The topological polar surface area (TPSA) is 39.1 Å². The van der Waals surface area contributed by atoms with E-state index in [0.717, 1.165) is 19.6 Å². The van der Waals surface area contributed by atoms with E-state index >= 15 is 0 Å². The Bertz CT molecular complexity index is 373. The Morgan fingerprint density at radius 2 is 2.35 bits per heavy atom. The average Bonchev–Trinajstić information content (AvgIpc) is 2.65. The number of nitrogens with zero attached hydrogens (tertiary/aromatic N) is 2. The SMILES string of the molecule is COC[C@H]1NCc2cc(CC(C)C)nn2[C@H]1C. The largest absolute Gasteiger partial charge is 0.383 e. The van der Waals surface area contributed by atoms with Gasteiger partial charge in [-0.3, -0.25) is 4.68 Å². The van der Waals surface area contributed by atoms with Crippen LogP contribution >= 0.6 is 0 Å². The maximum atomic E-state index is 5.23. The molecule has 0 aromatic carbocycles. The van der Waals surface area contributed by atoms with Gasteiger partial charge in [-0.1, -0.05) is 13.8 Å². The molecule has 96 valence electrons. The summed E-state index contributed by atoms with van der Waals surface area (Å²) in [5, 5.41) is 8.23. The van der Waals surface area contributed by atoms with Crippen molar-refractivity contribution in [3.05, 3.63) is 17.5 Å². The third kappa shape index (κ3) is 2.69. The lowest BCUT2D eigenvalue weighted by Crippen LogP contribution is -2.44. The standard InChI is InChI=1S/C13H23N3O/c1-9(2)5-11-6-12-7-14-13(8-17-4)10(3)16(12)15-11/h6,9-10,13-14H,5,7-8H2,1-4H3/t10-,13+/m0/s1. The van der Waals surface area contributed by atoms with Crippen LogP contribution in [0, 0.1) is 5.92 Å². The van der Waals surface area contributed by atoms with Crippen LogP contribution in [0.3, 0.4) is 0 Å². The third-order valence-electron chi connectivity index (χ3n) is 3.34. The van der Waals surface area contributed by atoms with Crippen molar-refractivity contribution in [1.29, 1.82) is 0 Å². The summed E-state index contributed by atoms with van der Waals surface area (Å²) in [6.07, 6.45) is 1.06. The number of methoxy groups -OCH3 is 1. The molecule has 0 fully saturated rings. The summed E-state index contributed by atoms with van der Waals surface area (Å²) in [7, 11) is 1.75. The first-order valence-electron chi connectivity index (χ1n) is 6.41. The van der Waals surface area contributed by atoms with E-state index in [-0.39, 0.29) is 0 Å². The van der Waals surface area contributed by atoms with E-state index in [2.05, 4.69) is 36.8 Å². The summed E-state index contributed by atoms with van der Waals surface area (Å²) in [5.41, 5.74) is 2.50. The highest BCUT2D eigenvalue weighted by atomic mass is 16.5. The molecule has 2 rings (SSSR count). The fourth-order valence-corrected chi connectivity index (χ4v) is 2.45. The van der Waals surface area contributed by atoms with Gasteiger partial charge in [-0.2, -0.15) is 5.10 Å². The van der Waals surface area contributed by atoms with Gasteiger partial charge in [0.05, 0.1) is 30.1 Å². The van der Waals surface area contributed by atoms with Gasteiger partial charge in [0.25, 0.3) is 0 Å². The van der Waals surface area contributed by atoms with Crippen molar-refractivity contribution in [2.24, 2.45) is 5.92 Å². The van der Waals surface area contributed by atoms with Crippen LogP contribution in [0.4, 0.5) is 0 Å². The highest BCUT2D eigenvalue weighted by Gasteiger charge is 2.26. The molecule has 0 amide bonds. The molecular weight excluding hydrogens is 214 g/mol. The lowest BCUT2D eigenvalue weighted by molar-refractivity contribution is 0.130. The average molecular weight is 237 g/mol. The fourth-order valence-electron chi connectivity index (χ4n) is 2.45. The van der Waals surface area contributed by atoms with Crippen LogP contribution in [0.15, 0.2) is 6.07 Å². The highest BCUT2D eigenvalue weighted by Crippen LogP contribution is 2.21. The van der Waals surface area contributed by atoms with Crippen molar-refractivity contribution in [2.75, 3.05) is 13.7 Å². The molecule has 1 aromatic rings. The van der Waals surface area contributed by atoms with Crippen molar-refractivity contribution in [3.8, 4) is 0 Å². The molecule has 1 aliphatic heterocycles. The van der Waals surface area contributed by atoms with Gasteiger partial charge in [0.2, 0.25) is 0 Å². The van der Waals surface area contributed by atoms with E-state index in [1.807, 2.05) is 0 Å². The van der Waals surface area contributed by atoms with Crippen LogP contribution < -0.4 is 5.32 Å². The predicted molar refractivity (Wildman–Crippen MR) is 68.0 cm³/mol. The van der Waals surface area contributed by atoms with Crippen LogP contribution in [0.2, 0.25) is 0 Å². The van der Waals surface area contributed by atoms with Crippen LogP contribution in [-0.2, 0) is 17.7 Å². The van der Waals surface area contributed by atoms with E-state index in [1.54, 1.807) is 7.11 Å². The van der Waals surface area contributed by atoms with Crippen molar-refractivity contribution in [1.82, 2.24) is 15.1 Å². The van der Waals surface area contributed by atoms with Gasteiger partial charge in [-0.05, 0) is 25.3 Å². The van der Waals surface area contributed by atoms with E-state index in [4.69, 9.17) is 9.84 Å². The van der Waals surface area contributed by atoms with E-state index in [9.17, 15) is 0 Å². The molecule has 2 atom stereocenters. The zero-order valence-electron chi connectivity index (χ0n) is 11.2. The van der Waals surface area contributed by atoms with Gasteiger partial charge >= 0.3 is 0 Å². The second kappa shape index (κ2) is 5.19. The summed E-state index contributed by atoms with van der Waals surface area (Å²) in [6, 6.07) is 2.95. The number of hydrogen-bond acceptors (Lipinski definition) is 3. The first kappa shape index (κ1) is 12.6. The summed E-state index contributed by atoms with van der Waals surface area (Å²) in [4.78, 5) is 0. The predicted octanol–water partition coefficient (Wildman–Crippen LogP) is 1.76. The lowest BCUT2D eigenvalue weighted by atomic mass is 10.1. The minimum absolute atomic E-state index is 0.360. The van der Waals surface area contributed by atoms with Crippen LogP contribution in [0.5, 0.6) is 0 Å². The van der Waals surface area contributed by atoms with Crippen molar-refractivity contribution in [2.45, 2.75) is 45.8 Å². The normalized spacial score (nSPS) is 24.1. The van der Waals surface area contributed by atoms with Gasteiger partial charge in [0.1, 0.15) is 0 Å². The zero-order chi connectivity index (χ0) is 12.4. The Hall–Kier alpha value is -0.870. The molecule has 0 spiro atoms. The molecule has 4 heteroatoms. The molecule has 1 N–H and O–H groups in total. The molecule has 1 aromatic heterocycles. The Balaban J connectivity index is 2.15. The maximum Gasteiger partial charge on any atom is 0.0670 e. The summed E-state index contributed by atoms with van der Waals surface area (Å²) in [6.45, 7) is 8.29. The summed E-state index contributed by atoms with van der Waals surface area (Å²) in [5.74, 6) is 0.657. The maximum absolute atomic E-state index is 5.23. The second-order valence-electron chi connectivity index (χ2n) is 5.35. The molecule has 4 nitrogen and oxygen atoms in total. The second-order valence-corrected chi connectivity index (χ2v) is 5.35. The molecule has 0 saturated heterocycles. The number of fused-ring (bicyclic) bond motifs is 1. The summed E-state index contributed by atoms with van der Waals surface area (Å²) < 4.78 is 7.40. The molecule has 0 aliphatic carbocycles. The Morgan fingerprint density at radius 1 is 1.59 bits per heavy atom. The number of hydrogen-bond donors (Lipinski definition) is 1. The third-order valence-corrected chi connectivity index (χ3v) is 3.34. The van der Waals surface area contributed by atoms with E-state index < -0.39 is 0 Å². The van der Waals surface area contributed by atoms with E-state index in [1.165, 1.54) is 11.4 Å². The molecule has 17 heavy (non-hydrogen) atoms. The molecule has 1 aliphatic rings. The molecule has 0 unspecified atom stereocenters. The summed E-state index contributed by atoms with van der Waals surface area (Å²) >= 11 is 0. The molecule has 0 saturated carbocycles. The van der Waals surface area contributed by atoms with Gasteiger partial charge in [-0.15, -0.1) is 0 Å². The minimum Gasteiger partial charge on any atom is -0.383 e. The monoisotopic (exact) mass is 237 g/mol. The first-order valence-corrected chi connectivity index (χ1v) is 6.41. The quantitative estimate of drug-likeness (QED) is 0.867. The van der Waals surface area contributed by atoms with E-state index in [0.29, 0.717) is 18.0 Å². The van der Waals surface area contributed by atoms with Gasteiger partial charge < -0.3 is 10.1 Å². The number of aromatic nitrogens is 2. The van der Waals surface area contributed by atoms with Gasteiger partial charge in [0.15, 0.2) is 0 Å². The Kier molecular flexibility index (Phi) is 3.84. The molecular formula is C13H23N3O. The first-order chi connectivity index (χ1) is 8.11. The fraction of sp³-hybridized carbons (Fsp3) is 0.769. The van der Waals surface area contributed by atoms with Crippen LogP contribution in [0.25, 0.3) is 0 Å². The minimum atomic E-state index is 0.360. The zero-order valence-corrected chi connectivity index (χ0v) is 11.2. The van der Waals surface area contributed by atoms with Crippen molar-refractivity contribution >= 4 is 0 Å². The number of nitrogens with one attached hydrogen (secondary N) is 1. The van der Waals surface area contributed by atoms with Crippen molar-refractivity contribution < 1.29 is 4.74 Å². The van der Waals surface area contributed by atoms with Crippen LogP contribution in [-0.4, -0.2) is 29.5 Å². The van der Waals surface area contributed by atoms with Crippen molar-refractivity contribution in [3.63, 3.8) is 0 Å². The Morgan fingerprint density at radius 3 is 3.00 bits per heavy atom. The highest BCUT2D eigenvalue weighted by molar-refractivity contribution is 5.14. The number of ether oxygens (including phenoxy) is 1. The van der Waals surface area contributed by atoms with Gasteiger partial charge in [-0.25, -0.2) is 0 Å². The molecule has 2 heterocycles. The van der Waals surface area contributed by atoms with Crippen LogP contribution in [0.1, 0.15) is 38.2 Å². The number of rotatable bonds is 4. The molecule has 0 bridgehead atoms. The molecule has 0 radical (unpaired) electrons. The lowest BCUT2D eigenvalue weighted by Gasteiger charge is -2.31. The Labute approximate surface area is 103 Å². The smallest absolute Gasteiger partial charge is 0.0670 e.